The lowest BCUT2D eigenvalue weighted by Gasteiger charge is -2.22. The molecule has 1 fully saturated rings. The number of anilines is 2. The third-order valence-electron chi connectivity index (χ3n) is 6.85. The van der Waals surface area contributed by atoms with Crippen molar-refractivity contribution in [1.29, 1.82) is 0 Å². The summed E-state index contributed by atoms with van der Waals surface area (Å²) in [5.41, 5.74) is 2.29. The lowest BCUT2D eigenvalue weighted by molar-refractivity contribution is 0.102. The predicted octanol–water partition coefficient (Wildman–Crippen LogP) is 5.19. The number of aromatic nitrogens is 4. The zero-order chi connectivity index (χ0) is 24.5. The lowest BCUT2D eigenvalue weighted by atomic mass is 9.95. The highest BCUT2D eigenvalue weighted by Crippen LogP contribution is 2.34. The van der Waals surface area contributed by atoms with Gasteiger partial charge < -0.3 is 15.0 Å². The number of fused-ring (bicyclic) bond motifs is 2. The van der Waals surface area contributed by atoms with Crippen molar-refractivity contribution in [3.63, 3.8) is 0 Å². The van der Waals surface area contributed by atoms with Crippen molar-refractivity contribution in [3.8, 4) is 11.5 Å². The Hall–Kier alpha value is -3.50. The van der Waals surface area contributed by atoms with Gasteiger partial charge in [-0.25, -0.2) is 9.97 Å². The van der Waals surface area contributed by atoms with Crippen LogP contribution in [0.3, 0.4) is 0 Å². The van der Waals surface area contributed by atoms with Crippen molar-refractivity contribution in [3.05, 3.63) is 52.7 Å². The average molecular weight is 504 g/mol. The molecule has 186 valence electrons. The minimum absolute atomic E-state index is 0.180. The molecule has 4 aromatic rings. The van der Waals surface area contributed by atoms with Gasteiger partial charge in [-0.1, -0.05) is 19.3 Å². The summed E-state index contributed by atoms with van der Waals surface area (Å²) in [6.45, 7) is 1.84. The summed E-state index contributed by atoms with van der Waals surface area (Å²) in [6.07, 6.45) is 8.75. The van der Waals surface area contributed by atoms with Crippen LogP contribution in [0.4, 0.5) is 10.9 Å². The molecule has 3 aromatic heterocycles. The monoisotopic (exact) mass is 503 g/mol. The van der Waals surface area contributed by atoms with Gasteiger partial charge >= 0.3 is 0 Å². The van der Waals surface area contributed by atoms with Gasteiger partial charge in [-0.3, -0.25) is 15.2 Å². The zero-order valence-electron chi connectivity index (χ0n) is 20.2. The van der Waals surface area contributed by atoms with Gasteiger partial charge in [0.05, 0.1) is 5.69 Å². The van der Waals surface area contributed by atoms with E-state index < -0.39 is 0 Å². The predicted molar refractivity (Wildman–Crippen MR) is 141 cm³/mol. The highest BCUT2D eigenvalue weighted by Gasteiger charge is 2.21. The third-order valence-corrected chi connectivity index (χ3v) is 7.93. The first-order chi connectivity index (χ1) is 17.6. The number of H-pyrrole nitrogens is 1. The van der Waals surface area contributed by atoms with Crippen LogP contribution in [0.5, 0.6) is 11.5 Å². The first kappa shape index (κ1) is 22.9. The second kappa shape index (κ2) is 9.87. The van der Waals surface area contributed by atoms with Crippen molar-refractivity contribution in [2.24, 2.45) is 0 Å². The fraction of sp³-hybridized carbons (Fsp3) is 0.385. The molecule has 1 saturated carbocycles. The number of benzene rings is 1. The molecular weight excluding hydrogens is 474 g/mol. The van der Waals surface area contributed by atoms with Gasteiger partial charge in [-0.05, 0) is 50.6 Å². The number of likely N-dealkylation sites (N-methyl/N-ethyl adjacent to an activating group) is 1. The molecule has 0 unspecified atom stereocenters. The Morgan fingerprint density at radius 1 is 1.17 bits per heavy atom. The van der Waals surface area contributed by atoms with Crippen LogP contribution in [-0.2, 0) is 13.0 Å². The molecule has 36 heavy (non-hydrogen) atoms. The van der Waals surface area contributed by atoms with Crippen molar-refractivity contribution in [2.45, 2.75) is 51.1 Å². The van der Waals surface area contributed by atoms with Crippen LogP contribution in [0, 0.1) is 0 Å². The molecule has 0 spiro atoms. The number of hydrogen-bond donors (Lipinski definition) is 3. The summed E-state index contributed by atoms with van der Waals surface area (Å²) in [4.78, 5) is 25.3. The largest absolute Gasteiger partial charge is 0.456 e. The zero-order valence-corrected chi connectivity index (χ0v) is 21.0. The first-order valence-electron chi connectivity index (χ1n) is 12.5. The van der Waals surface area contributed by atoms with Crippen LogP contribution in [0.15, 0.2) is 36.5 Å². The summed E-state index contributed by atoms with van der Waals surface area (Å²) in [7, 11) is 2.09. The van der Waals surface area contributed by atoms with Crippen LogP contribution >= 0.6 is 11.3 Å². The summed E-state index contributed by atoms with van der Waals surface area (Å²) in [6, 6.07) is 9.39. The molecule has 0 saturated heterocycles. The molecule has 6 rings (SSSR count). The van der Waals surface area contributed by atoms with E-state index in [1.54, 1.807) is 41.8 Å². The standard InChI is InChI=1S/C26H29N7O2S/c1-33-14-12-21-19(15-33)29-26(36-21)30-25(34)16-7-9-18(10-8-16)35-20-11-13-27-23-22(20)24(32-31-23)28-17-5-3-2-4-6-17/h7-11,13,17H,2-6,12,14-15H2,1H3,(H,29,30,34)(H2,27,28,31,32). The van der Waals surface area contributed by atoms with E-state index in [0.29, 0.717) is 33.9 Å². The van der Waals surface area contributed by atoms with Gasteiger partial charge in [0.15, 0.2) is 16.6 Å². The van der Waals surface area contributed by atoms with Gasteiger partial charge in [0.2, 0.25) is 0 Å². The summed E-state index contributed by atoms with van der Waals surface area (Å²) >= 11 is 1.57. The van der Waals surface area contributed by atoms with Crippen LogP contribution in [0.2, 0.25) is 0 Å². The molecule has 1 aliphatic carbocycles. The molecule has 0 atom stereocenters. The molecule has 1 aliphatic heterocycles. The Labute approximate surface area is 213 Å². The maximum absolute atomic E-state index is 12.8. The Morgan fingerprint density at radius 2 is 2.00 bits per heavy atom. The van der Waals surface area contributed by atoms with E-state index in [9.17, 15) is 4.79 Å². The number of amides is 1. The van der Waals surface area contributed by atoms with Crippen molar-refractivity contribution in [2.75, 3.05) is 24.2 Å². The van der Waals surface area contributed by atoms with E-state index in [1.165, 1.54) is 24.1 Å². The number of nitrogens with zero attached hydrogens (tertiary/aromatic N) is 4. The molecular formula is C26H29N7O2S. The SMILES string of the molecule is CN1CCc2sc(NC(=O)c3ccc(Oc4ccnc5[nH]nc(NC6CCCCC6)c45)cc3)nc2C1. The Balaban J connectivity index is 1.15. The second-order valence-electron chi connectivity index (χ2n) is 9.54. The molecule has 1 amide bonds. The number of hydrogen-bond acceptors (Lipinski definition) is 8. The minimum atomic E-state index is -0.180. The van der Waals surface area contributed by atoms with Gasteiger partial charge in [0.25, 0.3) is 5.91 Å². The van der Waals surface area contributed by atoms with Gasteiger partial charge in [0.1, 0.15) is 16.9 Å². The van der Waals surface area contributed by atoms with Crippen LogP contribution in [0.1, 0.15) is 53.0 Å². The Bertz CT molecular complexity index is 1370. The Kier molecular flexibility index (Phi) is 6.28. The molecule has 1 aromatic carbocycles. The van der Waals surface area contributed by atoms with E-state index in [4.69, 9.17) is 4.74 Å². The van der Waals surface area contributed by atoms with Crippen molar-refractivity contribution in [1.82, 2.24) is 25.1 Å². The molecule has 0 radical (unpaired) electrons. The van der Waals surface area contributed by atoms with Crippen LogP contribution in [-0.4, -0.2) is 50.6 Å². The molecule has 10 heteroatoms. The summed E-state index contributed by atoms with van der Waals surface area (Å²) in [5, 5.41) is 15.5. The van der Waals surface area contributed by atoms with E-state index >= 15 is 0 Å². The topological polar surface area (TPSA) is 108 Å². The number of nitrogens with one attached hydrogen (secondary N) is 3. The molecule has 4 heterocycles. The average Bonchev–Trinajstić information content (AvgIpc) is 3.49. The van der Waals surface area contributed by atoms with Gasteiger partial charge in [-0.2, -0.15) is 5.10 Å². The molecule has 3 N–H and O–H groups in total. The van der Waals surface area contributed by atoms with Crippen LogP contribution in [0.25, 0.3) is 11.0 Å². The Morgan fingerprint density at radius 3 is 2.83 bits per heavy atom. The van der Waals surface area contributed by atoms with Gasteiger partial charge in [-0.15, -0.1) is 11.3 Å². The first-order valence-corrected chi connectivity index (χ1v) is 13.3. The van der Waals surface area contributed by atoms with E-state index in [1.807, 2.05) is 6.07 Å². The lowest BCUT2D eigenvalue weighted by Crippen LogP contribution is -2.25. The summed E-state index contributed by atoms with van der Waals surface area (Å²) < 4.78 is 6.21. The maximum atomic E-state index is 12.8. The van der Waals surface area contributed by atoms with Gasteiger partial charge in [0, 0.05) is 41.8 Å². The van der Waals surface area contributed by atoms with E-state index in [2.05, 4.69) is 42.7 Å². The summed E-state index contributed by atoms with van der Waals surface area (Å²) in [5.74, 6) is 1.90. The number of carbonyl (C=O) groups excluding carboxylic acids is 1. The quantitative estimate of drug-likeness (QED) is 0.332. The van der Waals surface area contributed by atoms with Crippen molar-refractivity contribution >= 4 is 39.2 Å². The molecule has 2 aliphatic rings. The maximum Gasteiger partial charge on any atom is 0.257 e. The number of pyridine rings is 1. The second-order valence-corrected chi connectivity index (χ2v) is 10.6. The van der Waals surface area contributed by atoms with Crippen LogP contribution < -0.4 is 15.4 Å². The van der Waals surface area contributed by atoms with E-state index in [0.717, 1.165) is 49.2 Å². The highest BCUT2D eigenvalue weighted by atomic mass is 32.1. The molecule has 9 nitrogen and oxygen atoms in total. The smallest absolute Gasteiger partial charge is 0.257 e. The normalized spacial score (nSPS) is 16.6. The third kappa shape index (κ3) is 4.78. The fourth-order valence-electron chi connectivity index (χ4n) is 4.91. The minimum Gasteiger partial charge on any atom is -0.456 e. The molecule has 0 bridgehead atoms. The number of thiazole rings is 1. The van der Waals surface area contributed by atoms with E-state index in [-0.39, 0.29) is 5.91 Å². The van der Waals surface area contributed by atoms with Crippen molar-refractivity contribution < 1.29 is 9.53 Å². The highest BCUT2D eigenvalue weighted by molar-refractivity contribution is 7.15. The number of aromatic amines is 1. The fourth-order valence-corrected chi connectivity index (χ4v) is 5.86. The number of carbonyl (C=O) groups is 1. The number of ether oxygens (including phenoxy) is 1. The number of rotatable bonds is 6.